The normalized spacial score (nSPS) is 21.6. The summed E-state index contributed by atoms with van der Waals surface area (Å²) in [5, 5.41) is 0. The molecule has 0 bridgehead atoms. The van der Waals surface area contributed by atoms with Gasteiger partial charge in [0.2, 0.25) is 0 Å². The van der Waals surface area contributed by atoms with Crippen molar-refractivity contribution in [2.75, 3.05) is 6.61 Å². The van der Waals surface area contributed by atoms with Crippen molar-refractivity contribution in [3.8, 4) is 0 Å². The Bertz CT molecular complexity index is 414. The van der Waals surface area contributed by atoms with Gasteiger partial charge in [0, 0.05) is 25.3 Å². The minimum absolute atomic E-state index is 0.0258. The number of ether oxygens (including phenoxy) is 1. The maximum absolute atomic E-state index is 12.0. The number of hydrogen-bond donors (Lipinski definition) is 0. The molecule has 106 valence electrons. The molecule has 1 aliphatic carbocycles. The van der Waals surface area contributed by atoms with Crippen molar-refractivity contribution < 1.29 is 14.3 Å². The van der Waals surface area contributed by atoms with E-state index in [0.717, 1.165) is 24.0 Å². The van der Waals surface area contributed by atoms with Crippen LogP contribution in [0, 0.1) is 5.41 Å². The van der Waals surface area contributed by atoms with E-state index in [-0.39, 0.29) is 17.2 Å². The van der Waals surface area contributed by atoms with E-state index in [9.17, 15) is 9.59 Å². The molecule has 0 atom stereocenters. The fourth-order valence-corrected chi connectivity index (χ4v) is 2.32. The van der Waals surface area contributed by atoms with Crippen molar-refractivity contribution in [2.45, 2.75) is 53.4 Å². The van der Waals surface area contributed by atoms with Gasteiger partial charge < -0.3 is 4.74 Å². The van der Waals surface area contributed by atoms with Gasteiger partial charge in [0.1, 0.15) is 0 Å². The van der Waals surface area contributed by atoms with Gasteiger partial charge in [0.15, 0.2) is 5.78 Å². The first-order valence-electron chi connectivity index (χ1n) is 6.87. The first-order chi connectivity index (χ1) is 8.83. The zero-order chi connectivity index (χ0) is 14.5. The Labute approximate surface area is 115 Å². The first-order valence-corrected chi connectivity index (χ1v) is 6.87. The molecule has 0 amide bonds. The second kappa shape index (κ2) is 6.69. The average molecular weight is 264 g/mol. The molecule has 0 heterocycles. The highest BCUT2D eigenvalue weighted by Crippen LogP contribution is 2.38. The first kappa shape index (κ1) is 15.7. The summed E-state index contributed by atoms with van der Waals surface area (Å²) in [5.41, 5.74) is 2.01. The summed E-state index contributed by atoms with van der Waals surface area (Å²) in [7, 11) is 0. The Morgan fingerprint density at radius 1 is 1.37 bits per heavy atom. The Kier molecular flexibility index (Phi) is 5.52. The number of carbonyl (C=O) groups excluding carboxylic acids is 2. The van der Waals surface area contributed by atoms with Crippen molar-refractivity contribution in [1.82, 2.24) is 0 Å². The van der Waals surface area contributed by atoms with Gasteiger partial charge in [-0.15, -0.1) is 0 Å². The third-order valence-electron chi connectivity index (χ3n) is 3.57. The number of carbonyl (C=O) groups is 2. The van der Waals surface area contributed by atoms with Gasteiger partial charge in [0.25, 0.3) is 0 Å². The van der Waals surface area contributed by atoms with Crippen LogP contribution in [-0.2, 0) is 14.3 Å². The molecule has 3 nitrogen and oxygen atoms in total. The molecule has 0 aromatic rings. The SMILES string of the molecule is CC(=O)OCC/C(C)=C/C=C1\C(=O)CCCC1(C)C. The quantitative estimate of drug-likeness (QED) is 0.575. The number of esters is 1. The smallest absolute Gasteiger partial charge is 0.302 e. The molecule has 0 radical (unpaired) electrons. The molecule has 0 saturated heterocycles. The van der Waals surface area contributed by atoms with Gasteiger partial charge >= 0.3 is 5.97 Å². The summed E-state index contributed by atoms with van der Waals surface area (Å²) in [6, 6.07) is 0. The van der Waals surface area contributed by atoms with Crippen molar-refractivity contribution in [3.05, 3.63) is 23.3 Å². The Morgan fingerprint density at radius 3 is 2.63 bits per heavy atom. The van der Waals surface area contributed by atoms with Gasteiger partial charge in [-0.1, -0.05) is 31.6 Å². The summed E-state index contributed by atoms with van der Waals surface area (Å²) < 4.78 is 4.90. The molecule has 1 fully saturated rings. The summed E-state index contributed by atoms with van der Waals surface area (Å²) in [5.74, 6) is 0.00929. The molecule has 0 aromatic heterocycles. The zero-order valence-electron chi connectivity index (χ0n) is 12.4. The molecule has 1 aliphatic rings. The van der Waals surface area contributed by atoms with Gasteiger partial charge in [0.05, 0.1) is 6.61 Å². The standard InChI is InChI=1S/C16H24O3/c1-12(9-11-19-13(2)17)7-8-14-15(18)6-5-10-16(14,3)4/h7-8H,5-6,9-11H2,1-4H3/b12-7+,14-8+. The third kappa shape index (κ3) is 5.01. The predicted octanol–water partition coefficient (Wildman–Crippen LogP) is 3.59. The minimum atomic E-state index is -0.255. The molecule has 3 heteroatoms. The van der Waals surface area contributed by atoms with Gasteiger partial charge in [-0.05, 0) is 25.2 Å². The van der Waals surface area contributed by atoms with Crippen LogP contribution in [0.15, 0.2) is 23.3 Å². The van der Waals surface area contributed by atoms with Crippen LogP contribution in [0.25, 0.3) is 0 Å². The van der Waals surface area contributed by atoms with E-state index >= 15 is 0 Å². The van der Waals surface area contributed by atoms with Crippen LogP contribution in [-0.4, -0.2) is 18.4 Å². The van der Waals surface area contributed by atoms with E-state index in [1.165, 1.54) is 6.92 Å². The summed E-state index contributed by atoms with van der Waals surface area (Å²) in [4.78, 5) is 22.6. The van der Waals surface area contributed by atoms with E-state index in [1.54, 1.807) is 0 Å². The lowest BCUT2D eigenvalue weighted by Gasteiger charge is -2.31. The lowest BCUT2D eigenvalue weighted by molar-refractivity contribution is -0.140. The highest BCUT2D eigenvalue weighted by Gasteiger charge is 2.31. The molecular formula is C16H24O3. The maximum Gasteiger partial charge on any atom is 0.302 e. The van der Waals surface area contributed by atoms with Gasteiger partial charge in [-0.2, -0.15) is 0 Å². The van der Waals surface area contributed by atoms with Gasteiger partial charge in [-0.3, -0.25) is 9.59 Å². The monoisotopic (exact) mass is 264 g/mol. The number of hydrogen-bond acceptors (Lipinski definition) is 3. The average Bonchev–Trinajstić information content (AvgIpc) is 2.26. The number of rotatable bonds is 4. The van der Waals surface area contributed by atoms with Crippen LogP contribution in [0.1, 0.15) is 53.4 Å². The molecule has 0 unspecified atom stereocenters. The number of Topliss-reactive ketones (excluding diaryl/α,β-unsaturated/α-hetero) is 1. The Hall–Kier alpha value is -1.38. The minimum Gasteiger partial charge on any atom is -0.466 e. The number of allylic oxidation sites excluding steroid dienone is 3. The van der Waals surface area contributed by atoms with E-state index in [1.807, 2.05) is 19.1 Å². The molecular weight excluding hydrogens is 240 g/mol. The molecule has 0 aromatic carbocycles. The van der Waals surface area contributed by atoms with E-state index in [2.05, 4.69) is 13.8 Å². The van der Waals surface area contributed by atoms with Crippen molar-refractivity contribution in [2.24, 2.45) is 5.41 Å². The third-order valence-corrected chi connectivity index (χ3v) is 3.57. The topological polar surface area (TPSA) is 43.4 Å². The lowest BCUT2D eigenvalue weighted by atomic mass is 9.72. The second-order valence-electron chi connectivity index (χ2n) is 5.84. The lowest BCUT2D eigenvalue weighted by Crippen LogP contribution is -2.26. The van der Waals surface area contributed by atoms with E-state index in [4.69, 9.17) is 4.74 Å². The Morgan fingerprint density at radius 2 is 2.05 bits per heavy atom. The fraction of sp³-hybridized carbons (Fsp3) is 0.625. The Balaban J connectivity index is 2.66. The molecule has 0 spiro atoms. The maximum atomic E-state index is 12.0. The van der Waals surface area contributed by atoms with Crippen LogP contribution in [0.2, 0.25) is 0 Å². The van der Waals surface area contributed by atoms with E-state index < -0.39 is 0 Å². The summed E-state index contributed by atoms with van der Waals surface area (Å²) in [6.07, 6.45) is 7.34. The summed E-state index contributed by atoms with van der Waals surface area (Å²) >= 11 is 0. The van der Waals surface area contributed by atoms with Crippen LogP contribution < -0.4 is 0 Å². The van der Waals surface area contributed by atoms with Crippen molar-refractivity contribution >= 4 is 11.8 Å². The number of ketones is 1. The molecule has 1 saturated carbocycles. The highest BCUT2D eigenvalue weighted by molar-refractivity contribution is 5.97. The van der Waals surface area contributed by atoms with Crippen LogP contribution >= 0.6 is 0 Å². The molecule has 0 N–H and O–H groups in total. The molecule has 1 rings (SSSR count). The predicted molar refractivity (Wildman–Crippen MR) is 75.7 cm³/mol. The van der Waals surface area contributed by atoms with Crippen LogP contribution in [0.5, 0.6) is 0 Å². The van der Waals surface area contributed by atoms with Crippen molar-refractivity contribution in [1.29, 1.82) is 0 Å². The van der Waals surface area contributed by atoms with Crippen molar-refractivity contribution in [3.63, 3.8) is 0 Å². The molecule has 19 heavy (non-hydrogen) atoms. The van der Waals surface area contributed by atoms with Gasteiger partial charge in [-0.25, -0.2) is 0 Å². The largest absolute Gasteiger partial charge is 0.466 e. The van der Waals surface area contributed by atoms with Crippen LogP contribution in [0.3, 0.4) is 0 Å². The zero-order valence-corrected chi connectivity index (χ0v) is 12.4. The fourth-order valence-electron chi connectivity index (χ4n) is 2.32. The summed E-state index contributed by atoms with van der Waals surface area (Å²) in [6.45, 7) is 8.04. The van der Waals surface area contributed by atoms with E-state index in [0.29, 0.717) is 19.4 Å². The van der Waals surface area contributed by atoms with Crippen LogP contribution in [0.4, 0.5) is 0 Å². The molecule has 0 aliphatic heterocycles. The highest BCUT2D eigenvalue weighted by atomic mass is 16.5. The second-order valence-corrected chi connectivity index (χ2v) is 5.84.